The Morgan fingerprint density at radius 3 is 2.42 bits per heavy atom. The van der Waals surface area contributed by atoms with Crippen LogP contribution in [0.1, 0.15) is 27.3 Å². The summed E-state index contributed by atoms with van der Waals surface area (Å²) in [5.41, 5.74) is -0.270. The molecule has 0 bridgehead atoms. The van der Waals surface area contributed by atoms with E-state index < -0.39 is 22.6 Å². The summed E-state index contributed by atoms with van der Waals surface area (Å²) >= 11 is 0. The summed E-state index contributed by atoms with van der Waals surface area (Å²) in [5, 5.41) is 13.6. The number of alkyl halides is 3. The van der Waals surface area contributed by atoms with Gasteiger partial charge in [0.25, 0.3) is 11.6 Å². The number of carbonyl (C=O) groups is 1. The second kappa shape index (κ2) is 8.13. The molecule has 0 spiro atoms. The molecule has 0 saturated heterocycles. The number of nitrogens with zero attached hydrogens (tertiary/aromatic N) is 2. The third-order valence-electron chi connectivity index (χ3n) is 4.77. The van der Waals surface area contributed by atoms with E-state index in [1.807, 2.05) is 0 Å². The quantitative estimate of drug-likeness (QED) is 0.438. The van der Waals surface area contributed by atoms with Crippen LogP contribution in [0.2, 0.25) is 0 Å². The zero-order valence-corrected chi connectivity index (χ0v) is 16.8. The lowest BCUT2D eigenvalue weighted by atomic mass is 10.1. The number of para-hydroxylation sites is 1. The summed E-state index contributed by atoms with van der Waals surface area (Å²) in [4.78, 5) is 23.3. The lowest BCUT2D eigenvalue weighted by Gasteiger charge is -2.17. The highest BCUT2D eigenvalue weighted by Crippen LogP contribution is 2.36. The maximum Gasteiger partial charge on any atom is 0.418 e. The Bertz CT molecular complexity index is 1170. The SMILES string of the molecule is COc1ccc([N+](=O)[O-])cc1NC(=O)c1cc(C)n(-c2ccccc2C(F)(F)F)c1C. The van der Waals surface area contributed by atoms with Gasteiger partial charge >= 0.3 is 6.18 Å². The van der Waals surface area contributed by atoms with E-state index in [1.165, 1.54) is 55.0 Å². The van der Waals surface area contributed by atoms with Gasteiger partial charge in [-0.2, -0.15) is 13.2 Å². The fourth-order valence-electron chi connectivity index (χ4n) is 3.37. The van der Waals surface area contributed by atoms with Crippen LogP contribution in [0, 0.1) is 24.0 Å². The topological polar surface area (TPSA) is 86.4 Å². The van der Waals surface area contributed by atoms with Gasteiger partial charge in [0.1, 0.15) is 5.75 Å². The van der Waals surface area contributed by atoms with E-state index in [4.69, 9.17) is 4.74 Å². The van der Waals surface area contributed by atoms with E-state index in [-0.39, 0.29) is 34.1 Å². The van der Waals surface area contributed by atoms with Gasteiger partial charge in [-0.3, -0.25) is 14.9 Å². The van der Waals surface area contributed by atoms with Crippen LogP contribution in [-0.2, 0) is 6.18 Å². The minimum atomic E-state index is -4.57. The molecule has 7 nitrogen and oxygen atoms in total. The number of nitro groups is 1. The molecule has 0 aliphatic carbocycles. The van der Waals surface area contributed by atoms with Crippen LogP contribution in [0.3, 0.4) is 0 Å². The Labute approximate surface area is 175 Å². The molecular weight excluding hydrogens is 415 g/mol. The van der Waals surface area contributed by atoms with Crippen LogP contribution in [0.25, 0.3) is 5.69 Å². The minimum Gasteiger partial charge on any atom is -0.495 e. The summed E-state index contributed by atoms with van der Waals surface area (Å²) in [5.74, 6) is -0.433. The van der Waals surface area contributed by atoms with Gasteiger partial charge in [0.05, 0.1) is 34.5 Å². The van der Waals surface area contributed by atoms with Crippen molar-refractivity contribution in [1.29, 1.82) is 0 Å². The first-order chi connectivity index (χ1) is 14.5. The summed E-state index contributed by atoms with van der Waals surface area (Å²) in [6.07, 6.45) is -4.57. The molecule has 162 valence electrons. The second-order valence-corrected chi connectivity index (χ2v) is 6.73. The number of carbonyl (C=O) groups excluding carboxylic acids is 1. The Hall–Kier alpha value is -3.82. The molecule has 1 amide bonds. The maximum atomic E-state index is 13.5. The number of amides is 1. The summed E-state index contributed by atoms with van der Waals surface area (Å²) < 4.78 is 46.9. The molecule has 1 N–H and O–H groups in total. The van der Waals surface area contributed by atoms with Crippen LogP contribution < -0.4 is 10.1 Å². The van der Waals surface area contributed by atoms with Crippen molar-refractivity contribution < 1.29 is 27.6 Å². The van der Waals surface area contributed by atoms with Gasteiger partial charge < -0.3 is 14.6 Å². The van der Waals surface area contributed by atoms with Crippen LogP contribution >= 0.6 is 0 Å². The summed E-state index contributed by atoms with van der Waals surface area (Å²) in [6, 6.07) is 10.3. The minimum absolute atomic E-state index is 0.0715. The predicted molar refractivity (Wildman–Crippen MR) is 108 cm³/mol. The number of hydrogen-bond acceptors (Lipinski definition) is 4. The standard InChI is InChI=1S/C21H18F3N3O4/c1-12-10-15(13(2)26(12)18-7-5-4-6-16(18)21(22,23)24)20(28)25-17-11-14(27(29)30)8-9-19(17)31-3/h4-11H,1-3H3,(H,25,28). The van der Waals surface area contributed by atoms with Gasteiger partial charge in [0.15, 0.2) is 0 Å². The maximum absolute atomic E-state index is 13.5. The number of rotatable bonds is 5. The Morgan fingerprint density at radius 2 is 1.81 bits per heavy atom. The van der Waals surface area contributed by atoms with Crippen LogP contribution in [0.4, 0.5) is 24.5 Å². The number of anilines is 1. The van der Waals surface area contributed by atoms with Crippen LogP contribution in [0.15, 0.2) is 48.5 Å². The molecule has 0 aliphatic rings. The molecule has 10 heteroatoms. The van der Waals surface area contributed by atoms with Gasteiger partial charge in [-0.15, -0.1) is 0 Å². The number of nitrogens with one attached hydrogen (secondary N) is 1. The summed E-state index contributed by atoms with van der Waals surface area (Å²) in [7, 11) is 1.34. The molecule has 2 aromatic carbocycles. The van der Waals surface area contributed by atoms with Crippen LogP contribution in [-0.4, -0.2) is 22.5 Å². The molecular formula is C21H18F3N3O4. The van der Waals surface area contributed by atoms with Crippen LogP contribution in [0.5, 0.6) is 5.75 Å². The average molecular weight is 433 g/mol. The number of aryl methyl sites for hydroxylation is 1. The average Bonchev–Trinajstić information content (AvgIpc) is 3.01. The van der Waals surface area contributed by atoms with Gasteiger partial charge in [0, 0.05) is 23.5 Å². The fraction of sp³-hybridized carbons (Fsp3) is 0.190. The first kappa shape index (κ1) is 21.9. The molecule has 0 fully saturated rings. The number of hydrogen-bond donors (Lipinski definition) is 1. The smallest absolute Gasteiger partial charge is 0.418 e. The van der Waals surface area contributed by atoms with E-state index in [9.17, 15) is 28.1 Å². The number of ether oxygens (including phenoxy) is 1. The molecule has 0 radical (unpaired) electrons. The number of nitro benzene ring substituents is 1. The molecule has 31 heavy (non-hydrogen) atoms. The molecule has 0 aliphatic heterocycles. The fourth-order valence-corrected chi connectivity index (χ4v) is 3.37. The van der Waals surface area contributed by atoms with Gasteiger partial charge in [0.2, 0.25) is 0 Å². The molecule has 0 atom stereocenters. The number of benzene rings is 2. The third kappa shape index (κ3) is 4.23. The van der Waals surface area contributed by atoms with E-state index in [0.717, 1.165) is 12.1 Å². The Morgan fingerprint density at radius 1 is 1.13 bits per heavy atom. The monoisotopic (exact) mass is 433 g/mol. The molecule has 3 aromatic rings. The molecule has 0 saturated carbocycles. The third-order valence-corrected chi connectivity index (χ3v) is 4.77. The zero-order chi connectivity index (χ0) is 22.9. The van der Waals surface area contributed by atoms with Crippen molar-refractivity contribution in [2.24, 2.45) is 0 Å². The largest absolute Gasteiger partial charge is 0.495 e. The highest BCUT2D eigenvalue weighted by molar-refractivity contribution is 6.06. The van der Waals surface area contributed by atoms with Crippen molar-refractivity contribution >= 4 is 17.3 Å². The van der Waals surface area contributed by atoms with Crippen molar-refractivity contribution in [3.05, 3.63) is 81.2 Å². The normalized spacial score (nSPS) is 11.3. The van der Waals surface area contributed by atoms with E-state index in [0.29, 0.717) is 5.69 Å². The molecule has 3 rings (SSSR count). The highest BCUT2D eigenvalue weighted by atomic mass is 19.4. The van der Waals surface area contributed by atoms with E-state index >= 15 is 0 Å². The first-order valence-electron chi connectivity index (χ1n) is 9.04. The van der Waals surface area contributed by atoms with Gasteiger partial charge in [-0.25, -0.2) is 0 Å². The van der Waals surface area contributed by atoms with E-state index in [2.05, 4.69) is 5.32 Å². The van der Waals surface area contributed by atoms with Crippen molar-refractivity contribution in [2.75, 3.05) is 12.4 Å². The predicted octanol–water partition coefficient (Wildman–Crippen LogP) is 5.28. The van der Waals surface area contributed by atoms with Gasteiger partial charge in [-0.1, -0.05) is 12.1 Å². The number of non-ortho nitro benzene ring substituents is 1. The van der Waals surface area contributed by atoms with Crippen molar-refractivity contribution in [3.8, 4) is 11.4 Å². The molecule has 1 aromatic heterocycles. The molecule has 0 unspecified atom stereocenters. The second-order valence-electron chi connectivity index (χ2n) is 6.73. The van der Waals surface area contributed by atoms with Crippen molar-refractivity contribution in [2.45, 2.75) is 20.0 Å². The van der Waals surface area contributed by atoms with Crippen molar-refractivity contribution in [1.82, 2.24) is 4.57 Å². The van der Waals surface area contributed by atoms with Crippen molar-refractivity contribution in [3.63, 3.8) is 0 Å². The number of methoxy groups -OCH3 is 1. The summed E-state index contributed by atoms with van der Waals surface area (Å²) in [6.45, 7) is 3.12. The highest BCUT2D eigenvalue weighted by Gasteiger charge is 2.34. The lowest BCUT2D eigenvalue weighted by molar-refractivity contribution is -0.384. The lowest BCUT2D eigenvalue weighted by Crippen LogP contribution is -2.15. The Kier molecular flexibility index (Phi) is 5.74. The first-order valence-corrected chi connectivity index (χ1v) is 9.04. The van der Waals surface area contributed by atoms with Gasteiger partial charge in [-0.05, 0) is 38.1 Å². The Balaban J connectivity index is 2.04. The number of aromatic nitrogens is 1. The molecule has 1 heterocycles. The van der Waals surface area contributed by atoms with E-state index in [1.54, 1.807) is 6.92 Å². The zero-order valence-electron chi connectivity index (χ0n) is 16.8. The number of halogens is 3.